The minimum Gasteiger partial charge on any atom is -0.493 e. The lowest BCUT2D eigenvalue weighted by molar-refractivity contribution is -0.145. The minimum atomic E-state index is -0.784. The fraction of sp³-hybridized carbons (Fsp3) is 0.579. The Morgan fingerprint density at radius 2 is 2.04 bits per heavy atom. The summed E-state index contributed by atoms with van der Waals surface area (Å²) >= 11 is 0. The first kappa shape index (κ1) is 19.1. The molecule has 1 saturated heterocycles. The highest BCUT2D eigenvalue weighted by atomic mass is 16.5. The van der Waals surface area contributed by atoms with E-state index in [2.05, 4.69) is 13.8 Å². The zero-order valence-corrected chi connectivity index (χ0v) is 15.3. The van der Waals surface area contributed by atoms with E-state index in [0.717, 1.165) is 0 Å². The van der Waals surface area contributed by atoms with E-state index in [1.807, 2.05) is 6.92 Å². The van der Waals surface area contributed by atoms with Gasteiger partial charge in [-0.15, -0.1) is 0 Å². The number of carbonyl (C=O) groups is 2. The van der Waals surface area contributed by atoms with Gasteiger partial charge < -0.3 is 19.5 Å². The smallest absolute Gasteiger partial charge is 0.306 e. The van der Waals surface area contributed by atoms with Crippen molar-refractivity contribution in [3.8, 4) is 11.5 Å². The molecule has 1 amide bonds. The average molecular weight is 349 g/mol. The van der Waals surface area contributed by atoms with Crippen molar-refractivity contribution in [3.63, 3.8) is 0 Å². The third-order valence-corrected chi connectivity index (χ3v) is 4.49. The third-order valence-electron chi connectivity index (χ3n) is 4.49. The number of methoxy groups -OCH3 is 1. The molecule has 0 spiro atoms. The van der Waals surface area contributed by atoms with E-state index < -0.39 is 5.97 Å². The number of carboxylic acids is 1. The number of piperidine rings is 1. The van der Waals surface area contributed by atoms with E-state index >= 15 is 0 Å². The van der Waals surface area contributed by atoms with Gasteiger partial charge in [0.2, 0.25) is 0 Å². The molecule has 2 unspecified atom stereocenters. The van der Waals surface area contributed by atoms with Gasteiger partial charge in [-0.1, -0.05) is 20.8 Å². The summed E-state index contributed by atoms with van der Waals surface area (Å²) in [6.45, 7) is 7.47. The maximum Gasteiger partial charge on any atom is 0.306 e. The monoisotopic (exact) mass is 349 g/mol. The average Bonchev–Trinajstić information content (AvgIpc) is 2.58. The second-order valence-corrected chi connectivity index (χ2v) is 7.03. The van der Waals surface area contributed by atoms with Gasteiger partial charge in [0.05, 0.1) is 19.6 Å². The van der Waals surface area contributed by atoms with Gasteiger partial charge in [0.15, 0.2) is 11.5 Å². The number of rotatable bonds is 6. The van der Waals surface area contributed by atoms with Crippen molar-refractivity contribution in [2.75, 3.05) is 26.8 Å². The molecule has 0 aliphatic carbocycles. The van der Waals surface area contributed by atoms with Crippen LogP contribution in [0.4, 0.5) is 0 Å². The maximum absolute atomic E-state index is 12.7. The largest absolute Gasteiger partial charge is 0.493 e. The molecule has 0 radical (unpaired) electrons. The first-order valence-electron chi connectivity index (χ1n) is 8.66. The van der Waals surface area contributed by atoms with E-state index in [1.165, 1.54) is 0 Å². The summed E-state index contributed by atoms with van der Waals surface area (Å²) in [5.41, 5.74) is 0.523. The summed E-state index contributed by atoms with van der Waals surface area (Å²) < 4.78 is 11.1. The SMILES string of the molecule is COc1cc(C(=O)N2CCC(C(=O)O)C(C)C2)ccc1OCC(C)C. The molecule has 6 nitrogen and oxygen atoms in total. The Labute approximate surface area is 148 Å². The highest BCUT2D eigenvalue weighted by molar-refractivity contribution is 5.95. The lowest BCUT2D eigenvalue weighted by Crippen LogP contribution is -2.45. The molecular weight excluding hydrogens is 322 g/mol. The van der Waals surface area contributed by atoms with Crippen LogP contribution in [0, 0.1) is 17.8 Å². The molecule has 1 aliphatic heterocycles. The van der Waals surface area contributed by atoms with E-state index in [9.17, 15) is 14.7 Å². The van der Waals surface area contributed by atoms with Crippen LogP contribution in [0.2, 0.25) is 0 Å². The zero-order chi connectivity index (χ0) is 18.6. The predicted octanol–water partition coefficient (Wildman–Crippen LogP) is 2.91. The summed E-state index contributed by atoms with van der Waals surface area (Å²) in [6, 6.07) is 5.17. The Bertz CT molecular complexity index is 628. The van der Waals surface area contributed by atoms with Gasteiger partial charge in [-0.3, -0.25) is 9.59 Å². The van der Waals surface area contributed by atoms with Gasteiger partial charge in [-0.2, -0.15) is 0 Å². The van der Waals surface area contributed by atoms with Gasteiger partial charge >= 0.3 is 5.97 Å². The van der Waals surface area contributed by atoms with Gasteiger partial charge in [0.1, 0.15) is 0 Å². The molecule has 1 fully saturated rings. The minimum absolute atomic E-state index is 0.0641. The number of carboxylic acid groups (broad SMARTS) is 1. The maximum atomic E-state index is 12.7. The number of benzene rings is 1. The van der Waals surface area contributed by atoms with Crippen molar-refractivity contribution in [1.29, 1.82) is 0 Å². The normalized spacial score (nSPS) is 20.4. The van der Waals surface area contributed by atoms with E-state index in [-0.39, 0.29) is 17.7 Å². The molecule has 2 rings (SSSR count). The predicted molar refractivity (Wildman–Crippen MR) is 94.1 cm³/mol. The molecule has 1 heterocycles. The van der Waals surface area contributed by atoms with Crippen LogP contribution in [0.25, 0.3) is 0 Å². The van der Waals surface area contributed by atoms with Crippen molar-refractivity contribution >= 4 is 11.9 Å². The lowest BCUT2D eigenvalue weighted by Gasteiger charge is -2.35. The highest BCUT2D eigenvalue weighted by Gasteiger charge is 2.33. The second kappa shape index (κ2) is 8.23. The van der Waals surface area contributed by atoms with Crippen molar-refractivity contribution < 1.29 is 24.2 Å². The van der Waals surface area contributed by atoms with Crippen LogP contribution in [0.1, 0.15) is 37.6 Å². The van der Waals surface area contributed by atoms with Crippen molar-refractivity contribution in [1.82, 2.24) is 4.90 Å². The third kappa shape index (κ3) is 4.65. The number of hydrogen-bond acceptors (Lipinski definition) is 4. The van der Waals surface area contributed by atoms with Crippen LogP contribution in [-0.2, 0) is 4.79 Å². The van der Waals surface area contributed by atoms with E-state index in [4.69, 9.17) is 9.47 Å². The number of nitrogens with zero attached hydrogens (tertiary/aromatic N) is 1. The summed E-state index contributed by atoms with van der Waals surface area (Å²) in [6.07, 6.45) is 0.481. The first-order chi connectivity index (χ1) is 11.8. The molecule has 138 valence electrons. The topological polar surface area (TPSA) is 76.1 Å². The molecular formula is C19H27NO5. The van der Waals surface area contributed by atoms with Crippen molar-refractivity contribution in [2.24, 2.45) is 17.8 Å². The molecule has 0 saturated carbocycles. The standard InChI is InChI=1S/C19H27NO5/c1-12(2)11-25-16-6-5-14(9-17(16)24-4)18(21)20-8-7-15(19(22)23)13(3)10-20/h5-6,9,12-13,15H,7-8,10-11H2,1-4H3,(H,22,23). The van der Waals surface area contributed by atoms with Crippen LogP contribution in [0.5, 0.6) is 11.5 Å². The molecule has 1 N–H and O–H groups in total. The molecule has 25 heavy (non-hydrogen) atoms. The summed E-state index contributed by atoms with van der Waals surface area (Å²) in [5.74, 6) is 0.196. The van der Waals surface area contributed by atoms with Crippen molar-refractivity contribution in [2.45, 2.75) is 27.2 Å². The lowest BCUT2D eigenvalue weighted by atomic mass is 9.87. The van der Waals surface area contributed by atoms with Gasteiger partial charge in [0, 0.05) is 18.7 Å². The summed E-state index contributed by atoms with van der Waals surface area (Å²) in [5, 5.41) is 9.20. The van der Waals surface area contributed by atoms with E-state index in [0.29, 0.717) is 49.1 Å². The Hall–Kier alpha value is -2.24. The van der Waals surface area contributed by atoms with E-state index in [1.54, 1.807) is 30.2 Å². The Balaban J connectivity index is 2.10. The summed E-state index contributed by atoms with van der Waals surface area (Å²) in [7, 11) is 1.55. The second-order valence-electron chi connectivity index (χ2n) is 7.03. The van der Waals surface area contributed by atoms with Gasteiger partial charge in [-0.25, -0.2) is 0 Å². The molecule has 0 aromatic heterocycles. The quantitative estimate of drug-likeness (QED) is 0.854. The number of aliphatic carboxylic acids is 1. The molecule has 6 heteroatoms. The molecule has 0 bridgehead atoms. The van der Waals surface area contributed by atoms with Crippen LogP contribution < -0.4 is 9.47 Å². The number of likely N-dealkylation sites (tertiary alicyclic amines) is 1. The Morgan fingerprint density at radius 3 is 2.60 bits per heavy atom. The number of carbonyl (C=O) groups excluding carboxylic acids is 1. The van der Waals surface area contributed by atoms with Gasteiger partial charge in [0.25, 0.3) is 5.91 Å². The Kier molecular flexibility index (Phi) is 6.28. The van der Waals surface area contributed by atoms with Gasteiger partial charge in [-0.05, 0) is 36.5 Å². The van der Waals surface area contributed by atoms with Crippen LogP contribution in [-0.4, -0.2) is 48.7 Å². The fourth-order valence-corrected chi connectivity index (χ4v) is 3.06. The molecule has 2 atom stereocenters. The number of hydrogen-bond donors (Lipinski definition) is 1. The number of ether oxygens (including phenoxy) is 2. The summed E-state index contributed by atoms with van der Waals surface area (Å²) in [4.78, 5) is 25.7. The van der Waals surface area contributed by atoms with Crippen LogP contribution >= 0.6 is 0 Å². The molecule has 1 aromatic rings. The van der Waals surface area contributed by atoms with Crippen LogP contribution in [0.15, 0.2) is 18.2 Å². The molecule has 1 aromatic carbocycles. The molecule has 1 aliphatic rings. The Morgan fingerprint density at radius 1 is 1.32 bits per heavy atom. The first-order valence-corrected chi connectivity index (χ1v) is 8.66. The number of amides is 1. The fourth-order valence-electron chi connectivity index (χ4n) is 3.06. The highest BCUT2D eigenvalue weighted by Crippen LogP contribution is 2.30. The zero-order valence-electron chi connectivity index (χ0n) is 15.3. The van der Waals surface area contributed by atoms with Crippen LogP contribution in [0.3, 0.4) is 0 Å². The van der Waals surface area contributed by atoms with Crippen molar-refractivity contribution in [3.05, 3.63) is 23.8 Å².